The molecule has 4 rings (SSSR count). The SMILES string of the molecule is CC(C)(C)[C@@H]1CCc2c(sc(NC(=S)NC(=O)c3ccc(N4CCCCC4)c([N+](=O)[O-])c3)c2C#N)C1. The highest BCUT2D eigenvalue weighted by molar-refractivity contribution is 7.80. The van der Waals surface area contributed by atoms with Crippen molar-refractivity contribution in [2.24, 2.45) is 11.3 Å². The van der Waals surface area contributed by atoms with Crippen LogP contribution < -0.4 is 15.5 Å². The summed E-state index contributed by atoms with van der Waals surface area (Å²) < 4.78 is 0. The Hall–Kier alpha value is -3.03. The number of rotatable bonds is 4. The third-order valence-electron chi connectivity index (χ3n) is 7.19. The Morgan fingerprint density at radius 1 is 1.28 bits per heavy atom. The molecule has 0 unspecified atom stereocenters. The first-order chi connectivity index (χ1) is 17.1. The lowest BCUT2D eigenvalue weighted by Crippen LogP contribution is -2.34. The van der Waals surface area contributed by atoms with Gasteiger partial charge in [0.2, 0.25) is 0 Å². The number of nitro benzene ring substituents is 1. The second kappa shape index (κ2) is 10.5. The van der Waals surface area contributed by atoms with Crippen molar-refractivity contribution in [3.05, 3.63) is 49.9 Å². The molecule has 2 N–H and O–H groups in total. The maximum Gasteiger partial charge on any atom is 0.293 e. The van der Waals surface area contributed by atoms with E-state index < -0.39 is 10.8 Å². The zero-order valence-corrected chi connectivity index (χ0v) is 22.5. The molecular weight excluding hydrogens is 494 g/mol. The summed E-state index contributed by atoms with van der Waals surface area (Å²) >= 11 is 6.88. The fourth-order valence-electron chi connectivity index (χ4n) is 5.05. The Labute approximate surface area is 220 Å². The number of piperidine rings is 1. The third kappa shape index (κ3) is 5.52. The van der Waals surface area contributed by atoms with Gasteiger partial charge in [0, 0.05) is 29.6 Å². The van der Waals surface area contributed by atoms with Crippen LogP contribution in [0, 0.1) is 32.8 Å². The molecule has 190 valence electrons. The fraction of sp³-hybridized carbons (Fsp3) is 0.500. The van der Waals surface area contributed by atoms with E-state index in [4.69, 9.17) is 12.2 Å². The molecule has 0 saturated carbocycles. The lowest BCUT2D eigenvalue weighted by atomic mass is 9.72. The Balaban J connectivity index is 1.48. The molecule has 10 heteroatoms. The number of anilines is 2. The van der Waals surface area contributed by atoms with E-state index in [0.717, 1.165) is 57.2 Å². The summed E-state index contributed by atoms with van der Waals surface area (Å²) in [5.41, 5.74) is 2.45. The van der Waals surface area contributed by atoms with Gasteiger partial charge in [0.1, 0.15) is 16.8 Å². The van der Waals surface area contributed by atoms with Gasteiger partial charge in [0.05, 0.1) is 10.5 Å². The van der Waals surface area contributed by atoms with Crippen molar-refractivity contribution < 1.29 is 9.72 Å². The van der Waals surface area contributed by atoms with Crippen LogP contribution in [-0.4, -0.2) is 29.0 Å². The number of nitro groups is 1. The summed E-state index contributed by atoms with van der Waals surface area (Å²) in [4.78, 5) is 27.4. The smallest absolute Gasteiger partial charge is 0.293 e. The lowest BCUT2D eigenvalue weighted by Gasteiger charge is -2.33. The largest absolute Gasteiger partial charge is 0.366 e. The van der Waals surface area contributed by atoms with Crippen LogP contribution >= 0.6 is 23.6 Å². The molecule has 36 heavy (non-hydrogen) atoms. The number of thiocarbonyl (C=S) groups is 1. The number of nitrogens with zero attached hydrogens (tertiary/aromatic N) is 3. The van der Waals surface area contributed by atoms with Gasteiger partial charge in [-0.2, -0.15) is 5.26 Å². The Morgan fingerprint density at radius 2 is 2.00 bits per heavy atom. The number of carbonyl (C=O) groups excluding carboxylic acids is 1. The van der Waals surface area contributed by atoms with Gasteiger partial charge in [-0.3, -0.25) is 20.2 Å². The van der Waals surface area contributed by atoms with Gasteiger partial charge in [-0.1, -0.05) is 20.8 Å². The quantitative estimate of drug-likeness (QED) is 0.295. The number of carbonyl (C=O) groups is 1. The van der Waals surface area contributed by atoms with Crippen LogP contribution in [0.25, 0.3) is 0 Å². The number of thiophene rings is 1. The minimum atomic E-state index is -0.534. The van der Waals surface area contributed by atoms with Crippen LogP contribution in [0.1, 0.15) is 72.8 Å². The monoisotopic (exact) mass is 525 g/mol. The molecule has 0 bridgehead atoms. The summed E-state index contributed by atoms with van der Waals surface area (Å²) in [5, 5.41) is 27.9. The number of amides is 1. The first kappa shape index (κ1) is 26.0. The minimum absolute atomic E-state index is 0.0604. The zero-order chi connectivity index (χ0) is 26.0. The predicted octanol–water partition coefficient (Wildman–Crippen LogP) is 5.80. The highest BCUT2D eigenvalue weighted by Gasteiger charge is 2.32. The number of hydrogen-bond donors (Lipinski definition) is 2. The molecule has 1 atom stereocenters. The van der Waals surface area contributed by atoms with Crippen molar-refractivity contribution in [2.45, 2.75) is 59.3 Å². The first-order valence-corrected chi connectivity index (χ1v) is 13.5. The molecule has 1 amide bonds. The van der Waals surface area contributed by atoms with Gasteiger partial charge < -0.3 is 10.2 Å². The highest BCUT2D eigenvalue weighted by atomic mass is 32.1. The molecule has 8 nitrogen and oxygen atoms in total. The van der Waals surface area contributed by atoms with Crippen LogP contribution in [0.3, 0.4) is 0 Å². The second-order valence-corrected chi connectivity index (χ2v) is 12.1. The van der Waals surface area contributed by atoms with Gasteiger partial charge in [0.25, 0.3) is 11.6 Å². The summed E-state index contributed by atoms with van der Waals surface area (Å²) in [7, 11) is 0. The molecule has 1 aromatic heterocycles. The Kier molecular flexibility index (Phi) is 7.62. The molecule has 1 saturated heterocycles. The number of benzene rings is 1. The molecule has 2 aliphatic rings. The average Bonchev–Trinajstić information content (AvgIpc) is 3.19. The van der Waals surface area contributed by atoms with Gasteiger partial charge in [-0.15, -0.1) is 11.3 Å². The molecule has 1 fully saturated rings. The Bertz CT molecular complexity index is 1240. The summed E-state index contributed by atoms with van der Waals surface area (Å²) in [6.07, 6.45) is 5.92. The van der Waals surface area contributed by atoms with Crippen molar-refractivity contribution in [2.75, 3.05) is 23.3 Å². The first-order valence-electron chi connectivity index (χ1n) is 12.3. The van der Waals surface area contributed by atoms with Gasteiger partial charge in [-0.05, 0) is 79.8 Å². The van der Waals surface area contributed by atoms with E-state index in [1.165, 1.54) is 22.3 Å². The van der Waals surface area contributed by atoms with E-state index in [1.807, 2.05) is 4.90 Å². The van der Waals surface area contributed by atoms with Gasteiger partial charge >= 0.3 is 0 Å². The van der Waals surface area contributed by atoms with E-state index in [-0.39, 0.29) is 21.8 Å². The fourth-order valence-corrected chi connectivity index (χ4v) is 6.60. The van der Waals surface area contributed by atoms with Crippen molar-refractivity contribution in [3.63, 3.8) is 0 Å². The van der Waals surface area contributed by atoms with Crippen LogP contribution in [-0.2, 0) is 12.8 Å². The Morgan fingerprint density at radius 3 is 2.64 bits per heavy atom. The predicted molar refractivity (Wildman–Crippen MR) is 147 cm³/mol. The molecule has 1 aliphatic heterocycles. The molecule has 1 aliphatic carbocycles. The van der Waals surface area contributed by atoms with E-state index in [2.05, 4.69) is 37.5 Å². The molecule has 1 aromatic carbocycles. The van der Waals surface area contributed by atoms with Crippen molar-refractivity contribution in [1.82, 2.24) is 5.32 Å². The molecule has 0 spiro atoms. The van der Waals surface area contributed by atoms with Crippen molar-refractivity contribution in [1.29, 1.82) is 5.26 Å². The van der Waals surface area contributed by atoms with Crippen LogP contribution in [0.2, 0.25) is 0 Å². The third-order valence-corrected chi connectivity index (χ3v) is 8.56. The molecular formula is C26H31N5O3S2. The van der Waals surface area contributed by atoms with E-state index >= 15 is 0 Å². The lowest BCUT2D eigenvalue weighted by molar-refractivity contribution is -0.384. The maximum atomic E-state index is 12.9. The van der Waals surface area contributed by atoms with Crippen LogP contribution in [0.15, 0.2) is 18.2 Å². The highest BCUT2D eigenvalue weighted by Crippen LogP contribution is 2.44. The van der Waals surface area contributed by atoms with Gasteiger partial charge in [-0.25, -0.2) is 0 Å². The molecule has 2 aromatic rings. The number of nitriles is 1. The van der Waals surface area contributed by atoms with Crippen molar-refractivity contribution >= 4 is 51.0 Å². The standard InChI is InChI=1S/C26H31N5O3S2/c1-26(2,3)17-8-9-18-19(15-27)24(36-22(18)14-17)29-25(35)28-23(32)16-7-10-20(21(13-16)31(33)34)30-11-5-4-6-12-30/h7,10,13,17H,4-6,8-9,11-12,14H2,1-3H3,(H2,28,29,32,35)/t17-/m1/s1. The van der Waals surface area contributed by atoms with E-state index in [0.29, 0.717) is 22.2 Å². The summed E-state index contributed by atoms with van der Waals surface area (Å²) in [6.45, 7) is 8.27. The minimum Gasteiger partial charge on any atom is -0.366 e. The maximum absolute atomic E-state index is 12.9. The summed E-state index contributed by atoms with van der Waals surface area (Å²) in [5.74, 6) is 0.00631. The second-order valence-electron chi connectivity index (χ2n) is 10.5. The zero-order valence-electron chi connectivity index (χ0n) is 20.8. The van der Waals surface area contributed by atoms with E-state index in [1.54, 1.807) is 12.1 Å². The van der Waals surface area contributed by atoms with Crippen LogP contribution in [0.4, 0.5) is 16.4 Å². The normalized spacial score (nSPS) is 17.6. The topological polar surface area (TPSA) is 111 Å². The number of nitrogens with one attached hydrogen (secondary N) is 2. The molecule has 2 heterocycles. The van der Waals surface area contributed by atoms with Crippen molar-refractivity contribution in [3.8, 4) is 6.07 Å². The van der Waals surface area contributed by atoms with Crippen LogP contribution in [0.5, 0.6) is 0 Å². The number of fused-ring (bicyclic) bond motifs is 1. The number of hydrogen-bond acceptors (Lipinski definition) is 7. The van der Waals surface area contributed by atoms with Gasteiger partial charge in [0.15, 0.2) is 5.11 Å². The van der Waals surface area contributed by atoms with E-state index in [9.17, 15) is 20.2 Å². The molecule has 0 radical (unpaired) electrons. The average molecular weight is 526 g/mol. The summed E-state index contributed by atoms with van der Waals surface area (Å²) in [6, 6.07) is 6.84.